The average molecular weight is 321 g/mol. The second kappa shape index (κ2) is 6.38. The molecule has 2 aromatic heterocycles. The number of benzene rings is 1. The predicted octanol–water partition coefficient (Wildman–Crippen LogP) is 3.13. The molecular formula is C12H11N5S3. The van der Waals surface area contributed by atoms with Crippen LogP contribution in [-0.2, 0) is 5.75 Å². The van der Waals surface area contributed by atoms with Crippen LogP contribution in [0.2, 0.25) is 0 Å². The topological polar surface area (TPSA) is 56.5 Å². The van der Waals surface area contributed by atoms with Crippen LogP contribution in [-0.4, -0.2) is 31.4 Å². The van der Waals surface area contributed by atoms with E-state index in [9.17, 15) is 0 Å². The summed E-state index contributed by atoms with van der Waals surface area (Å²) in [4.78, 5) is 1.64. The van der Waals surface area contributed by atoms with Crippen LogP contribution in [0.4, 0.5) is 0 Å². The summed E-state index contributed by atoms with van der Waals surface area (Å²) in [5, 5.41) is 16.9. The van der Waals surface area contributed by atoms with E-state index in [1.54, 1.807) is 45.9 Å². The lowest BCUT2D eigenvalue weighted by atomic mass is 10.3. The van der Waals surface area contributed by atoms with Crippen molar-refractivity contribution < 1.29 is 0 Å². The summed E-state index contributed by atoms with van der Waals surface area (Å²) in [5.74, 6) is 0.746. The second-order valence-corrected chi connectivity index (χ2v) is 7.04. The zero-order chi connectivity index (χ0) is 13.8. The Morgan fingerprint density at radius 1 is 1.15 bits per heavy atom. The third-order valence-corrected chi connectivity index (χ3v) is 5.50. The van der Waals surface area contributed by atoms with Gasteiger partial charge < -0.3 is 0 Å². The Morgan fingerprint density at radius 2 is 1.95 bits per heavy atom. The molecule has 20 heavy (non-hydrogen) atoms. The number of rotatable bonds is 5. The fourth-order valence-electron chi connectivity index (χ4n) is 1.52. The lowest BCUT2D eigenvalue weighted by molar-refractivity contribution is 0.745. The standard InChI is InChI=1S/C12H11N5S3/c1-18-11-14-15-12(20-11)19-8-9-7-13-17(16-9)10-5-3-2-4-6-10/h2-7H,8H2,1H3. The lowest BCUT2D eigenvalue weighted by Crippen LogP contribution is -1.98. The average Bonchev–Trinajstić information content (AvgIpc) is 3.15. The summed E-state index contributed by atoms with van der Waals surface area (Å²) in [6, 6.07) is 9.87. The van der Waals surface area contributed by atoms with E-state index in [0.29, 0.717) is 0 Å². The third kappa shape index (κ3) is 3.20. The van der Waals surface area contributed by atoms with Gasteiger partial charge in [-0.25, -0.2) is 0 Å². The van der Waals surface area contributed by atoms with Crippen LogP contribution in [0.15, 0.2) is 45.2 Å². The van der Waals surface area contributed by atoms with E-state index in [2.05, 4.69) is 20.4 Å². The number of para-hydroxylation sites is 1. The molecule has 102 valence electrons. The molecule has 5 nitrogen and oxygen atoms in total. The fraction of sp³-hybridized carbons (Fsp3) is 0.167. The maximum Gasteiger partial charge on any atom is 0.175 e. The predicted molar refractivity (Wildman–Crippen MR) is 82.6 cm³/mol. The highest BCUT2D eigenvalue weighted by molar-refractivity contribution is 8.02. The Bertz CT molecular complexity index is 679. The summed E-state index contributed by atoms with van der Waals surface area (Å²) in [6.45, 7) is 0. The molecule has 0 unspecified atom stereocenters. The van der Waals surface area contributed by atoms with E-state index in [0.717, 1.165) is 25.8 Å². The van der Waals surface area contributed by atoms with E-state index < -0.39 is 0 Å². The molecule has 0 atom stereocenters. The molecule has 0 bridgehead atoms. The second-order valence-electron chi connectivity index (χ2n) is 3.79. The molecule has 0 aliphatic rings. The van der Waals surface area contributed by atoms with Crippen molar-refractivity contribution in [3.8, 4) is 5.69 Å². The normalized spacial score (nSPS) is 10.8. The Balaban J connectivity index is 1.65. The van der Waals surface area contributed by atoms with Crippen molar-refractivity contribution >= 4 is 34.9 Å². The van der Waals surface area contributed by atoms with Crippen LogP contribution in [0.25, 0.3) is 5.69 Å². The first-order valence-corrected chi connectivity index (χ1v) is 8.85. The molecule has 0 saturated heterocycles. The van der Waals surface area contributed by atoms with Gasteiger partial charge in [0.05, 0.1) is 17.6 Å². The summed E-state index contributed by atoms with van der Waals surface area (Å²) >= 11 is 4.85. The van der Waals surface area contributed by atoms with E-state index in [1.807, 2.05) is 36.6 Å². The SMILES string of the molecule is CSc1nnc(SCc2cnn(-c3ccccc3)n2)s1. The van der Waals surface area contributed by atoms with Crippen LogP contribution in [0.3, 0.4) is 0 Å². The molecule has 0 aliphatic heterocycles. The monoisotopic (exact) mass is 321 g/mol. The smallest absolute Gasteiger partial charge is 0.157 e. The van der Waals surface area contributed by atoms with Gasteiger partial charge in [0.1, 0.15) is 0 Å². The van der Waals surface area contributed by atoms with Crippen LogP contribution in [0.1, 0.15) is 5.69 Å². The van der Waals surface area contributed by atoms with Crippen molar-refractivity contribution in [2.45, 2.75) is 14.4 Å². The number of thioether (sulfide) groups is 2. The van der Waals surface area contributed by atoms with Gasteiger partial charge in [-0.1, -0.05) is 53.1 Å². The minimum absolute atomic E-state index is 0.746. The Labute approximate surface area is 128 Å². The lowest BCUT2D eigenvalue weighted by Gasteiger charge is -1.97. The van der Waals surface area contributed by atoms with Crippen molar-refractivity contribution in [1.82, 2.24) is 25.2 Å². The minimum atomic E-state index is 0.746. The van der Waals surface area contributed by atoms with Gasteiger partial charge in [-0.05, 0) is 18.4 Å². The first kappa shape index (κ1) is 13.6. The highest BCUT2D eigenvalue weighted by atomic mass is 32.2. The minimum Gasteiger partial charge on any atom is -0.157 e. The third-order valence-electron chi connectivity index (χ3n) is 2.43. The summed E-state index contributed by atoms with van der Waals surface area (Å²) in [7, 11) is 0. The first-order chi connectivity index (χ1) is 9.85. The molecule has 0 amide bonds. The molecule has 1 aromatic carbocycles. The summed E-state index contributed by atoms with van der Waals surface area (Å²) in [6.07, 6.45) is 3.79. The first-order valence-electron chi connectivity index (χ1n) is 5.82. The molecule has 0 aliphatic carbocycles. The van der Waals surface area contributed by atoms with Crippen molar-refractivity contribution in [3.05, 3.63) is 42.2 Å². The van der Waals surface area contributed by atoms with E-state index >= 15 is 0 Å². The number of hydrogen-bond donors (Lipinski definition) is 0. The van der Waals surface area contributed by atoms with Crippen molar-refractivity contribution in [1.29, 1.82) is 0 Å². The van der Waals surface area contributed by atoms with Gasteiger partial charge in [0, 0.05) is 5.75 Å². The van der Waals surface area contributed by atoms with Crippen molar-refractivity contribution in [3.63, 3.8) is 0 Å². The van der Waals surface area contributed by atoms with Crippen LogP contribution < -0.4 is 0 Å². The molecule has 2 heterocycles. The van der Waals surface area contributed by atoms with Gasteiger partial charge >= 0.3 is 0 Å². The molecule has 0 saturated carbocycles. The van der Waals surface area contributed by atoms with Crippen LogP contribution in [0, 0.1) is 0 Å². The quantitative estimate of drug-likeness (QED) is 0.673. The highest BCUT2D eigenvalue weighted by Crippen LogP contribution is 2.29. The zero-order valence-corrected chi connectivity index (χ0v) is 13.1. The Hall–Kier alpha value is -1.38. The molecule has 3 aromatic rings. The van der Waals surface area contributed by atoms with E-state index in [-0.39, 0.29) is 0 Å². The van der Waals surface area contributed by atoms with Gasteiger partial charge in [0.15, 0.2) is 8.68 Å². The van der Waals surface area contributed by atoms with Gasteiger partial charge in [-0.15, -0.1) is 10.2 Å². The van der Waals surface area contributed by atoms with Crippen LogP contribution >= 0.6 is 34.9 Å². The molecule has 0 fully saturated rings. The van der Waals surface area contributed by atoms with E-state index in [4.69, 9.17) is 0 Å². The number of hydrogen-bond acceptors (Lipinski definition) is 7. The zero-order valence-electron chi connectivity index (χ0n) is 10.6. The highest BCUT2D eigenvalue weighted by Gasteiger charge is 2.07. The Morgan fingerprint density at radius 3 is 2.70 bits per heavy atom. The van der Waals surface area contributed by atoms with Crippen molar-refractivity contribution in [2.24, 2.45) is 0 Å². The summed E-state index contributed by atoms with van der Waals surface area (Å²) in [5.41, 5.74) is 1.89. The largest absolute Gasteiger partial charge is 0.175 e. The molecule has 0 radical (unpaired) electrons. The maximum absolute atomic E-state index is 4.46. The van der Waals surface area contributed by atoms with Gasteiger partial charge in [0.2, 0.25) is 0 Å². The fourth-order valence-corrected chi connectivity index (χ4v) is 3.84. The van der Waals surface area contributed by atoms with E-state index in [1.165, 1.54) is 0 Å². The number of aromatic nitrogens is 5. The molecular weight excluding hydrogens is 310 g/mol. The summed E-state index contributed by atoms with van der Waals surface area (Å²) < 4.78 is 1.95. The number of nitrogens with zero attached hydrogens (tertiary/aromatic N) is 5. The van der Waals surface area contributed by atoms with Gasteiger partial charge in [0.25, 0.3) is 0 Å². The maximum atomic E-state index is 4.46. The Kier molecular flexibility index (Phi) is 4.34. The van der Waals surface area contributed by atoms with Crippen molar-refractivity contribution in [2.75, 3.05) is 6.26 Å². The van der Waals surface area contributed by atoms with Gasteiger partial charge in [-0.3, -0.25) is 0 Å². The van der Waals surface area contributed by atoms with Gasteiger partial charge in [-0.2, -0.15) is 15.0 Å². The molecule has 8 heteroatoms. The molecule has 0 N–H and O–H groups in total. The molecule has 3 rings (SSSR count). The van der Waals surface area contributed by atoms with Crippen LogP contribution in [0.5, 0.6) is 0 Å². The molecule has 0 spiro atoms.